The first-order valence-corrected chi connectivity index (χ1v) is 7.46. The molecule has 1 atom stereocenters. The summed E-state index contributed by atoms with van der Waals surface area (Å²) >= 11 is 0. The van der Waals surface area contributed by atoms with Gasteiger partial charge in [-0.1, -0.05) is 53.7 Å². The van der Waals surface area contributed by atoms with E-state index < -0.39 is 0 Å². The zero-order valence-electron chi connectivity index (χ0n) is 13.8. The van der Waals surface area contributed by atoms with E-state index >= 15 is 0 Å². The fourth-order valence-electron chi connectivity index (χ4n) is 2.09. The minimum absolute atomic E-state index is 0.0711. The molecule has 0 aromatic heterocycles. The highest BCUT2D eigenvalue weighted by molar-refractivity contribution is 5.42. The Labute approximate surface area is 124 Å². The predicted molar refractivity (Wildman–Crippen MR) is 87.2 cm³/mol. The van der Waals surface area contributed by atoms with Gasteiger partial charge in [-0.25, -0.2) is 0 Å². The Hall–Kier alpha value is -1.42. The van der Waals surface area contributed by atoms with Crippen molar-refractivity contribution in [3.8, 4) is 18.1 Å². The molecule has 1 nitrogen and oxygen atoms in total. The lowest BCUT2D eigenvalue weighted by Gasteiger charge is -2.24. The third kappa shape index (κ3) is 4.93. The number of hydrogen-bond donors (Lipinski definition) is 0. The molecule has 0 saturated carbocycles. The summed E-state index contributed by atoms with van der Waals surface area (Å²) in [4.78, 5) is 0. The Morgan fingerprint density at radius 3 is 2.35 bits per heavy atom. The summed E-state index contributed by atoms with van der Waals surface area (Å²) in [5, 5.41) is 0. The van der Waals surface area contributed by atoms with Gasteiger partial charge in [0.25, 0.3) is 0 Å². The molecule has 0 N–H and O–H groups in total. The quantitative estimate of drug-likeness (QED) is 0.698. The topological polar surface area (TPSA) is 9.23 Å². The Morgan fingerprint density at radius 1 is 1.20 bits per heavy atom. The highest BCUT2D eigenvalue weighted by Crippen LogP contribution is 2.33. The van der Waals surface area contributed by atoms with Gasteiger partial charge >= 0.3 is 0 Å². The van der Waals surface area contributed by atoms with Gasteiger partial charge in [-0.15, -0.1) is 12.3 Å². The third-order valence-corrected chi connectivity index (χ3v) is 3.25. The number of ether oxygens (including phenoxy) is 1. The van der Waals surface area contributed by atoms with Gasteiger partial charge in [0.15, 0.2) is 0 Å². The molecule has 0 amide bonds. The average Bonchev–Trinajstić information content (AvgIpc) is 2.35. The maximum atomic E-state index is 5.97. The van der Waals surface area contributed by atoms with Gasteiger partial charge in [0, 0.05) is 5.92 Å². The van der Waals surface area contributed by atoms with E-state index in [1.165, 1.54) is 11.1 Å². The summed E-state index contributed by atoms with van der Waals surface area (Å²) in [5.41, 5.74) is 2.62. The van der Waals surface area contributed by atoms with Crippen LogP contribution in [-0.4, -0.2) is 6.61 Å². The Bertz CT molecular complexity index is 472. The molecule has 1 unspecified atom stereocenters. The molecule has 0 fully saturated rings. The molecule has 0 aliphatic rings. The highest BCUT2D eigenvalue weighted by atomic mass is 16.5. The lowest BCUT2D eigenvalue weighted by molar-refractivity contribution is 0.265. The molecule has 1 aromatic carbocycles. The summed E-state index contributed by atoms with van der Waals surface area (Å²) in [6.45, 7) is 13.8. The van der Waals surface area contributed by atoms with Crippen LogP contribution in [0.15, 0.2) is 18.2 Å². The van der Waals surface area contributed by atoms with Gasteiger partial charge in [-0.05, 0) is 34.9 Å². The van der Waals surface area contributed by atoms with Gasteiger partial charge in [0.05, 0.1) is 6.61 Å². The Morgan fingerprint density at radius 2 is 1.85 bits per heavy atom. The minimum atomic E-state index is 0.0711. The first-order valence-electron chi connectivity index (χ1n) is 7.46. The number of rotatable bonds is 5. The second-order valence-corrected chi connectivity index (χ2v) is 7.06. The molecule has 0 bridgehead atoms. The smallest absolute Gasteiger partial charge is 0.123 e. The van der Waals surface area contributed by atoms with Crippen LogP contribution in [0.2, 0.25) is 0 Å². The third-order valence-electron chi connectivity index (χ3n) is 3.25. The van der Waals surface area contributed by atoms with E-state index in [2.05, 4.69) is 65.7 Å². The molecular weight excluding hydrogens is 244 g/mol. The molecular formula is C19H28O. The summed E-state index contributed by atoms with van der Waals surface area (Å²) in [5.74, 6) is 4.60. The van der Waals surface area contributed by atoms with E-state index in [9.17, 15) is 0 Å². The van der Waals surface area contributed by atoms with Crippen molar-refractivity contribution in [1.82, 2.24) is 0 Å². The summed E-state index contributed by atoms with van der Waals surface area (Å²) in [6, 6.07) is 6.49. The molecule has 1 heteroatoms. The van der Waals surface area contributed by atoms with Gasteiger partial charge in [0.2, 0.25) is 0 Å². The second kappa shape index (κ2) is 6.84. The molecule has 20 heavy (non-hydrogen) atoms. The molecule has 0 aliphatic carbocycles. The second-order valence-electron chi connectivity index (χ2n) is 7.06. The van der Waals surface area contributed by atoms with Crippen molar-refractivity contribution in [3.63, 3.8) is 0 Å². The van der Waals surface area contributed by atoms with Crippen LogP contribution in [0, 0.1) is 24.2 Å². The maximum absolute atomic E-state index is 5.97. The van der Waals surface area contributed by atoms with E-state index in [1.54, 1.807) is 0 Å². The van der Waals surface area contributed by atoms with Crippen LogP contribution in [-0.2, 0) is 11.8 Å². The van der Waals surface area contributed by atoms with Crippen molar-refractivity contribution in [2.45, 2.75) is 53.4 Å². The van der Waals surface area contributed by atoms with E-state index in [0.717, 1.165) is 18.8 Å². The van der Waals surface area contributed by atoms with Gasteiger partial charge in [-0.2, -0.15) is 0 Å². The molecule has 0 radical (unpaired) electrons. The standard InChI is InChI=1S/C19H28O/c1-8-15(4)11-16-9-10-18(20-13-14(2)3)17(12-16)19(5,6)7/h1,9-10,12,14-15H,11,13H2,2-7H3. The molecule has 0 spiro atoms. The number of terminal acetylenes is 1. The zero-order valence-corrected chi connectivity index (χ0v) is 13.8. The highest BCUT2D eigenvalue weighted by Gasteiger charge is 2.20. The van der Waals surface area contributed by atoms with E-state index in [-0.39, 0.29) is 11.3 Å². The number of benzene rings is 1. The summed E-state index contributed by atoms with van der Waals surface area (Å²) in [7, 11) is 0. The molecule has 110 valence electrons. The van der Waals surface area contributed by atoms with Crippen LogP contribution < -0.4 is 4.74 Å². The van der Waals surface area contributed by atoms with Crippen molar-refractivity contribution in [3.05, 3.63) is 29.3 Å². The first kappa shape index (κ1) is 16.6. The Kier molecular flexibility index (Phi) is 5.69. The molecule has 0 saturated heterocycles. The fraction of sp³-hybridized carbons (Fsp3) is 0.579. The van der Waals surface area contributed by atoms with Gasteiger partial charge in [0.1, 0.15) is 5.75 Å². The average molecular weight is 272 g/mol. The van der Waals surface area contributed by atoms with Crippen molar-refractivity contribution in [1.29, 1.82) is 0 Å². The van der Waals surface area contributed by atoms with Gasteiger partial charge < -0.3 is 4.74 Å². The van der Waals surface area contributed by atoms with E-state index in [0.29, 0.717) is 5.92 Å². The largest absolute Gasteiger partial charge is 0.493 e. The van der Waals surface area contributed by atoms with E-state index in [4.69, 9.17) is 11.2 Å². The van der Waals surface area contributed by atoms with Crippen LogP contribution in [0.1, 0.15) is 52.7 Å². The van der Waals surface area contributed by atoms with E-state index in [1.807, 2.05) is 0 Å². The molecule has 0 aliphatic heterocycles. The van der Waals surface area contributed by atoms with Crippen LogP contribution in [0.4, 0.5) is 0 Å². The lowest BCUT2D eigenvalue weighted by atomic mass is 9.84. The van der Waals surface area contributed by atoms with Crippen LogP contribution in [0.3, 0.4) is 0 Å². The fourth-order valence-corrected chi connectivity index (χ4v) is 2.09. The SMILES string of the molecule is C#CC(C)Cc1ccc(OCC(C)C)c(C(C)(C)C)c1. The molecule has 0 heterocycles. The maximum Gasteiger partial charge on any atom is 0.123 e. The monoisotopic (exact) mass is 272 g/mol. The summed E-state index contributed by atoms with van der Waals surface area (Å²) in [6.07, 6.45) is 6.40. The van der Waals surface area contributed by atoms with Crippen molar-refractivity contribution >= 4 is 0 Å². The first-order chi connectivity index (χ1) is 9.24. The minimum Gasteiger partial charge on any atom is -0.493 e. The Balaban J connectivity index is 3.04. The molecule has 1 aromatic rings. The summed E-state index contributed by atoms with van der Waals surface area (Å²) < 4.78 is 5.97. The number of hydrogen-bond acceptors (Lipinski definition) is 1. The van der Waals surface area contributed by atoms with Crippen LogP contribution in [0.25, 0.3) is 0 Å². The van der Waals surface area contributed by atoms with Crippen LogP contribution in [0.5, 0.6) is 5.75 Å². The van der Waals surface area contributed by atoms with Crippen molar-refractivity contribution < 1.29 is 4.74 Å². The molecule has 1 rings (SSSR count). The lowest BCUT2D eigenvalue weighted by Crippen LogP contribution is -2.16. The van der Waals surface area contributed by atoms with Crippen molar-refractivity contribution in [2.24, 2.45) is 11.8 Å². The van der Waals surface area contributed by atoms with Crippen molar-refractivity contribution in [2.75, 3.05) is 6.61 Å². The predicted octanol–water partition coefficient (Wildman–Crippen LogP) is 4.83. The zero-order chi connectivity index (χ0) is 15.3. The normalized spacial score (nSPS) is 13.1. The van der Waals surface area contributed by atoms with Gasteiger partial charge in [-0.3, -0.25) is 0 Å². The van der Waals surface area contributed by atoms with Crippen LogP contribution >= 0.6 is 0 Å².